The minimum absolute atomic E-state index is 0.527. The smallest absolute Gasteiger partial charge is 0.211 e. The Labute approximate surface area is 195 Å². The highest BCUT2D eigenvalue weighted by atomic mass is 32.1. The molecule has 9 heteroatoms. The SMILES string of the molecule is COc1ccccc1N=c1scc(-c2cc(OC)c(OC)c(OC)c2)n1N=Cc1ccc[nH]1. The molecule has 2 heterocycles. The monoisotopic (exact) mass is 464 g/mol. The van der Waals surface area contributed by atoms with Crippen molar-refractivity contribution in [2.24, 2.45) is 10.1 Å². The summed E-state index contributed by atoms with van der Waals surface area (Å²) in [6.45, 7) is 0. The molecule has 4 aromatic rings. The molecule has 0 fully saturated rings. The van der Waals surface area contributed by atoms with Gasteiger partial charge >= 0.3 is 0 Å². The van der Waals surface area contributed by atoms with Gasteiger partial charge in [-0.05, 0) is 36.4 Å². The molecule has 0 bridgehead atoms. The maximum absolute atomic E-state index is 5.54. The third-order valence-corrected chi connectivity index (χ3v) is 5.70. The predicted molar refractivity (Wildman–Crippen MR) is 129 cm³/mol. The number of aromatic nitrogens is 2. The number of H-pyrrole nitrogens is 1. The number of rotatable bonds is 8. The van der Waals surface area contributed by atoms with Crippen LogP contribution in [-0.2, 0) is 0 Å². The van der Waals surface area contributed by atoms with Crippen molar-refractivity contribution in [1.82, 2.24) is 9.66 Å². The van der Waals surface area contributed by atoms with Crippen LogP contribution in [0.15, 0.2) is 70.2 Å². The van der Waals surface area contributed by atoms with E-state index in [4.69, 9.17) is 29.0 Å². The van der Waals surface area contributed by atoms with Crippen molar-refractivity contribution in [2.45, 2.75) is 0 Å². The number of nitrogens with one attached hydrogen (secondary N) is 1. The fourth-order valence-electron chi connectivity index (χ4n) is 3.29. The zero-order valence-electron chi connectivity index (χ0n) is 18.7. The molecule has 0 atom stereocenters. The molecule has 2 aromatic carbocycles. The molecule has 0 radical (unpaired) electrons. The van der Waals surface area contributed by atoms with Crippen molar-refractivity contribution in [2.75, 3.05) is 28.4 Å². The summed E-state index contributed by atoms with van der Waals surface area (Å²) >= 11 is 1.46. The van der Waals surface area contributed by atoms with Gasteiger partial charge in [-0.25, -0.2) is 9.67 Å². The van der Waals surface area contributed by atoms with Crippen LogP contribution < -0.4 is 23.7 Å². The minimum atomic E-state index is 0.527. The standard InChI is InChI=1S/C24H24N4O4S/c1-29-20-10-6-5-9-18(20)27-24-28(26-14-17-8-7-11-25-17)19(15-33-24)16-12-21(30-2)23(32-4)22(13-16)31-3/h5-15,25H,1-4H3. The van der Waals surface area contributed by atoms with Crippen LogP contribution in [0.5, 0.6) is 23.0 Å². The molecule has 0 saturated carbocycles. The minimum Gasteiger partial charge on any atom is -0.494 e. The summed E-state index contributed by atoms with van der Waals surface area (Å²) in [6.07, 6.45) is 3.59. The van der Waals surface area contributed by atoms with E-state index in [9.17, 15) is 0 Å². The van der Waals surface area contributed by atoms with Crippen molar-refractivity contribution in [1.29, 1.82) is 0 Å². The first-order valence-electron chi connectivity index (χ1n) is 10.0. The van der Waals surface area contributed by atoms with Crippen molar-refractivity contribution < 1.29 is 18.9 Å². The maximum atomic E-state index is 5.54. The van der Waals surface area contributed by atoms with Gasteiger partial charge < -0.3 is 23.9 Å². The summed E-state index contributed by atoms with van der Waals surface area (Å²) in [4.78, 5) is 8.63. The van der Waals surface area contributed by atoms with Crippen LogP contribution in [0.1, 0.15) is 5.69 Å². The lowest BCUT2D eigenvalue weighted by Gasteiger charge is -2.14. The number of para-hydroxylation sites is 2. The molecule has 0 unspecified atom stereocenters. The summed E-state index contributed by atoms with van der Waals surface area (Å²) < 4.78 is 23.8. The number of methoxy groups -OCH3 is 4. The molecule has 8 nitrogen and oxygen atoms in total. The Morgan fingerprint density at radius 1 is 0.879 bits per heavy atom. The highest BCUT2D eigenvalue weighted by Gasteiger charge is 2.17. The Morgan fingerprint density at radius 3 is 2.24 bits per heavy atom. The van der Waals surface area contributed by atoms with Crippen molar-refractivity contribution >= 4 is 23.2 Å². The summed E-state index contributed by atoms with van der Waals surface area (Å²) in [5.74, 6) is 2.32. The third kappa shape index (κ3) is 4.63. The van der Waals surface area contributed by atoms with Crippen molar-refractivity contribution in [3.8, 4) is 34.3 Å². The molecule has 33 heavy (non-hydrogen) atoms. The van der Waals surface area contributed by atoms with Crippen molar-refractivity contribution in [3.05, 3.63) is 70.6 Å². The number of thiazole rings is 1. The number of hydrogen-bond acceptors (Lipinski definition) is 7. The molecule has 1 N–H and O–H groups in total. The van der Waals surface area contributed by atoms with Crippen LogP contribution >= 0.6 is 11.3 Å². The molecular formula is C24H24N4O4S. The van der Waals surface area contributed by atoms with Gasteiger partial charge in [-0.15, -0.1) is 11.3 Å². The lowest BCUT2D eigenvalue weighted by atomic mass is 10.1. The van der Waals surface area contributed by atoms with Gasteiger partial charge in [-0.1, -0.05) is 12.1 Å². The average molecular weight is 465 g/mol. The normalized spacial score (nSPS) is 11.7. The van der Waals surface area contributed by atoms with E-state index in [0.717, 1.165) is 17.0 Å². The van der Waals surface area contributed by atoms with Crippen LogP contribution in [0.3, 0.4) is 0 Å². The van der Waals surface area contributed by atoms with Gasteiger partial charge in [0, 0.05) is 17.1 Å². The highest BCUT2D eigenvalue weighted by molar-refractivity contribution is 7.07. The predicted octanol–water partition coefficient (Wildman–Crippen LogP) is 4.69. The van der Waals surface area contributed by atoms with Gasteiger partial charge in [0.15, 0.2) is 11.5 Å². The number of nitrogens with zero attached hydrogens (tertiary/aromatic N) is 3. The van der Waals surface area contributed by atoms with Crippen molar-refractivity contribution in [3.63, 3.8) is 0 Å². The summed E-state index contributed by atoms with van der Waals surface area (Å²) in [6, 6.07) is 15.2. The summed E-state index contributed by atoms with van der Waals surface area (Å²) in [5.41, 5.74) is 3.23. The van der Waals surface area contributed by atoms with Crippen LogP contribution in [0.2, 0.25) is 0 Å². The van der Waals surface area contributed by atoms with E-state index < -0.39 is 0 Å². The van der Waals surface area contributed by atoms with Gasteiger partial charge in [0.2, 0.25) is 10.6 Å². The second kappa shape index (κ2) is 10.1. The van der Waals surface area contributed by atoms with Gasteiger partial charge in [0.05, 0.1) is 46.0 Å². The molecule has 2 aromatic heterocycles. The first kappa shape index (κ1) is 22.2. The summed E-state index contributed by atoms with van der Waals surface area (Å²) in [5, 5.41) is 6.70. The van der Waals surface area contributed by atoms with Crippen LogP contribution in [0, 0.1) is 0 Å². The lowest BCUT2D eigenvalue weighted by molar-refractivity contribution is 0.324. The summed E-state index contributed by atoms with van der Waals surface area (Å²) in [7, 11) is 6.39. The Bertz CT molecular complexity index is 1300. The van der Waals surface area contributed by atoms with E-state index in [-0.39, 0.29) is 0 Å². The highest BCUT2D eigenvalue weighted by Crippen LogP contribution is 2.41. The molecular weight excluding hydrogens is 440 g/mol. The maximum Gasteiger partial charge on any atom is 0.211 e. The van der Waals surface area contributed by atoms with E-state index in [1.807, 2.05) is 60.1 Å². The fraction of sp³-hybridized carbons (Fsp3) is 0.167. The Balaban J connectivity index is 1.92. The van der Waals surface area contributed by atoms with E-state index >= 15 is 0 Å². The van der Waals surface area contributed by atoms with E-state index in [0.29, 0.717) is 33.5 Å². The first-order chi connectivity index (χ1) is 16.2. The van der Waals surface area contributed by atoms with Crippen LogP contribution in [-0.4, -0.2) is 44.3 Å². The van der Waals surface area contributed by atoms with Gasteiger partial charge in [0.1, 0.15) is 11.4 Å². The Morgan fingerprint density at radius 2 is 1.61 bits per heavy atom. The Hall–Kier alpha value is -3.98. The number of hydrogen-bond donors (Lipinski definition) is 1. The molecule has 170 valence electrons. The third-order valence-electron chi connectivity index (χ3n) is 4.88. The van der Waals surface area contributed by atoms with Gasteiger partial charge in [-0.2, -0.15) is 5.10 Å². The molecule has 0 amide bonds. The quantitative estimate of drug-likeness (QED) is 0.384. The average Bonchev–Trinajstić information content (AvgIpc) is 3.52. The Kier molecular flexibility index (Phi) is 6.80. The van der Waals surface area contributed by atoms with Gasteiger partial charge in [0.25, 0.3) is 0 Å². The molecule has 0 aliphatic carbocycles. The molecule has 0 aliphatic heterocycles. The van der Waals surface area contributed by atoms with E-state index in [2.05, 4.69) is 4.98 Å². The zero-order chi connectivity index (χ0) is 23.2. The first-order valence-corrected chi connectivity index (χ1v) is 10.9. The number of aromatic amines is 1. The number of benzene rings is 2. The second-order valence-electron chi connectivity index (χ2n) is 6.78. The zero-order valence-corrected chi connectivity index (χ0v) is 19.6. The second-order valence-corrected chi connectivity index (χ2v) is 7.62. The van der Waals surface area contributed by atoms with Gasteiger partial charge in [-0.3, -0.25) is 0 Å². The van der Waals surface area contributed by atoms with Crippen LogP contribution in [0.25, 0.3) is 11.3 Å². The topological polar surface area (TPSA) is 82.4 Å². The van der Waals surface area contributed by atoms with E-state index in [1.165, 1.54) is 11.3 Å². The largest absolute Gasteiger partial charge is 0.494 e. The molecule has 0 spiro atoms. The molecule has 0 aliphatic rings. The molecule has 0 saturated heterocycles. The molecule has 4 rings (SSSR count). The van der Waals surface area contributed by atoms with Crippen LogP contribution in [0.4, 0.5) is 5.69 Å². The fourth-order valence-corrected chi connectivity index (χ4v) is 4.14. The number of ether oxygens (including phenoxy) is 4. The van der Waals surface area contributed by atoms with E-state index in [1.54, 1.807) is 39.3 Å². The lowest BCUT2D eigenvalue weighted by Crippen LogP contribution is -2.12.